The molecule has 2 aromatic rings. The number of aliphatic carboxylic acids is 1. The number of benzene rings is 1. The summed E-state index contributed by atoms with van der Waals surface area (Å²) < 4.78 is 1.80. The second-order valence-electron chi connectivity index (χ2n) is 4.71. The van der Waals surface area contributed by atoms with Crippen LogP contribution in [0.1, 0.15) is 17.7 Å². The Morgan fingerprint density at radius 1 is 1.50 bits per heavy atom. The first kappa shape index (κ1) is 13.9. The van der Waals surface area contributed by atoms with Crippen molar-refractivity contribution in [3.05, 3.63) is 33.5 Å². The molecule has 0 saturated carbocycles. The summed E-state index contributed by atoms with van der Waals surface area (Å²) in [5.74, 6) is -0.931. The molecule has 3 N–H and O–H groups in total. The van der Waals surface area contributed by atoms with Gasteiger partial charge in [-0.1, -0.05) is 0 Å². The predicted octanol–water partition coefficient (Wildman–Crippen LogP) is 1.99. The Labute approximate surface area is 114 Å². The summed E-state index contributed by atoms with van der Waals surface area (Å²) in [6.07, 6.45) is 0.185. The zero-order chi connectivity index (χ0) is 15.0. The molecule has 0 aliphatic heterocycles. The molecule has 0 bridgehead atoms. The van der Waals surface area contributed by atoms with Gasteiger partial charge in [-0.05, 0) is 25.0 Å². The van der Waals surface area contributed by atoms with Crippen LogP contribution >= 0.6 is 0 Å². The fourth-order valence-corrected chi connectivity index (χ4v) is 2.45. The number of rotatable bonds is 4. The lowest BCUT2D eigenvalue weighted by Crippen LogP contribution is -2.00. The standard InChI is InChI=1S/C13H15N3O4/c1-7-9(3-4-12(17)18)13-10(15(7)2)5-8(14)6-11(13)16(19)20/h5-6H,3-4,14H2,1-2H3,(H,17,18). The van der Waals surface area contributed by atoms with Crippen LogP contribution in [0.3, 0.4) is 0 Å². The maximum absolute atomic E-state index is 11.2. The number of nitro groups is 1. The third kappa shape index (κ3) is 2.18. The van der Waals surface area contributed by atoms with Gasteiger partial charge in [0.15, 0.2) is 0 Å². The van der Waals surface area contributed by atoms with E-state index in [1.165, 1.54) is 6.07 Å². The Hall–Kier alpha value is -2.57. The quantitative estimate of drug-likeness (QED) is 0.504. The summed E-state index contributed by atoms with van der Waals surface area (Å²) in [5, 5.41) is 20.5. The van der Waals surface area contributed by atoms with Gasteiger partial charge < -0.3 is 15.4 Å². The number of fused-ring (bicyclic) bond motifs is 1. The number of anilines is 1. The Morgan fingerprint density at radius 2 is 2.15 bits per heavy atom. The summed E-state index contributed by atoms with van der Waals surface area (Å²) >= 11 is 0. The molecular weight excluding hydrogens is 262 g/mol. The minimum atomic E-state index is -0.931. The van der Waals surface area contributed by atoms with Crippen LogP contribution < -0.4 is 5.73 Å². The van der Waals surface area contributed by atoms with Crippen molar-refractivity contribution in [3.63, 3.8) is 0 Å². The Kier molecular flexibility index (Phi) is 3.35. The molecule has 0 aliphatic rings. The second kappa shape index (κ2) is 4.84. The predicted molar refractivity (Wildman–Crippen MR) is 74.7 cm³/mol. The second-order valence-corrected chi connectivity index (χ2v) is 4.71. The van der Waals surface area contributed by atoms with Gasteiger partial charge in [0.25, 0.3) is 5.69 Å². The van der Waals surface area contributed by atoms with E-state index in [0.717, 1.165) is 5.69 Å². The summed E-state index contributed by atoms with van der Waals surface area (Å²) in [6.45, 7) is 1.82. The number of carboxylic acids is 1. The average Bonchev–Trinajstić information content (AvgIpc) is 2.59. The molecule has 1 aromatic carbocycles. The number of nitrogens with zero attached hydrogens (tertiary/aromatic N) is 2. The first-order valence-corrected chi connectivity index (χ1v) is 6.06. The highest BCUT2D eigenvalue weighted by atomic mass is 16.6. The van der Waals surface area contributed by atoms with Crippen molar-refractivity contribution in [3.8, 4) is 0 Å². The molecule has 0 amide bonds. The number of aromatic nitrogens is 1. The number of carbonyl (C=O) groups is 1. The molecule has 0 spiro atoms. The molecule has 0 saturated heterocycles. The van der Waals surface area contributed by atoms with E-state index in [-0.39, 0.29) is 18.5 Å². The number of hydrogen-bond acceptors (Lipinski definition) is 4. The molecule has 1 heterocycles. The van der Waals surface area contributed by atoms with E-state index in [4.69, 9.17) is 10.8 Å². The van der Waals surface area contributed by atoms with E-state index in [9.17, 15) is 14.9 Å². The van der Waals surface area contributed by atoms with Gasteiger partial charge in [-0.25, -0.2) is 0 Å². The van der Waals surface area contributed by atoms with E-state index in [1.807, 2.05) is 6.92 Å². The summed E-state index contributed by atoms with van der Waals surface area (Å²) in [6, 6.07) is 2.98. The maximum Gasteiger partial charge on any atom is 0.303 e. The molecule has 20 heavy (non-hydrogen) atoms. The van der Waals surface area contributed by atoms with Gasteiger partial charge in [0.05, 0.1) is 15.8 Å². The van der Waals surface area contributed by atoms with E-state index in [1.54, 1.807) is 17.7 Å². The normalized spacial score (nSPS) is 10.9. The number of non-ortho nitro benzene ring substituents is 1. The fourth-order valence-electron chi connectivity index (χ4n) is 2.45. The zero-order valence-corrected chi connectivity index (χ0v) is 11.2. The Morgan fingerprint density at radius 3 is 2.70 bits per heavy atom. The number of nitrogens with two attached hydrogens (primary N) is 1. The van der Waals surface area contributed by atoms with E-state index in [2.05, 4.69) is 0 Å². The number of carboxylic acid groups (broad SMARTS) is 1. The SMILES string of the molecule is Cc1c(CCC(=O)O)c2c([N+](=O)[O-])cc(N)cc2n1C. The van der Waals surface area contributed by atoms with Crippen molar-refractivity contribution in [2.24, 2.45) is 7.05 Å². The van der Waals surface area contributed by atoms with Gasteiger partial charge >= 0.3 is 5.97 Å². The highest BCUT2D eigenvalue weighted by Crippen LogP contribution is 2.35. The minimum absolute atomic E-state index is 0.0680. The van der Waals surface area contributed by atoms with Crippen LogP contribution in [0.4, 0.5) is 11.4 Å². The van der Waals surface area contributed by atoms with Crippen molar-refractivity contribution in [2.75, 3.05) is 5.73 Å². The lowest BCUT2D eigenvalue weighted by atomic mass is 10.0. The van der Waals surface area contributed by atoms with Crippen LogP contribution in [0.15, 0.2) is 12.1 Å². The molecule has 0 fully saturated rings. The highest BCUT2D eigenvalue weighted by Gasteiger charge is 2.22. The lowest BCUT2D eigenvalue weighted by Gasteiger charge is -2.01. The third-order valence-corrected chi connectivity index (χ3v) is 3.51. The summed E-state index contributed by atoms with van der Waals surface area (Å²) in [7, 11) is 1.78. The van der Waals surface area contributed by atoms with Gasteiger partial charge in [-0.3, -0.25) is 14.9 Å². The van der Waals surface area contributed by atoms with Gasteiger partial charge in [-0.15, -0.1) is 0 Å². The van der Waals surface area contributed by atoms with Crippen LogP contribution in [0, 0.1) is 17.0 Å². The number of aryl methyl sites for hydroxylation is 2. The van der Waals surface area contributed by atoms with Crippen LogP contribution in [0.2, 0.25) is 0 Å². The monoisotopic (exact) mass is 277 g/mol. The molecule has 0 atom stereocenters. The fraction of sp³-hybridized carbons (Fsp3) is 0.308. The first-order chi connectivity index (χ1) is 9.32. The van der Waals surface area contributed by atoms with Crippen molar-refractivity contribution in [1.29, 1.82) is 0 Å². The lowest BCUT2D eigenvalue weighted by molar-refractivity contribution is -0.383. The molecule has 7 nitrogen and oxygen atoms in total. The van der Waals surface area contributed by atoms with Crippen LogP contribution in [0.5, 0.6) is 0 Å². The molecule has 0 unspecified atom stereocenters. The highest BCUT2D eigenvalue weighted by molar-refractivity contribution is 5.96. The third-order valence-electron chi connectivity index (χ3n) is 3.51. The maximum atomic E-state index is 11.2. The number of nitro benzene ring substituents is 1. The van der Waals surface area contributed by atoms with Crippen LogP contribution in [-0.4, -0.2) is 20.6 Å². The molecular formula is C13H15N3O4. The number of hydrogen-bond donors (Lipinski definition) is 2. The summed E-state index contributed by atoms with van der Waals surface area (Å²) in [4.78, 5) is 21.5. The van der Waals surface area contributed by atoms with Crippen molar-refractivity contribution >= 4 is 28.2 Å². The average molecular weight is 277 g/mol. The topological polar surface area (TPSA) is 111 Å². The van der Waals surface area contributed by atoms with Crippen molar-refractivity contribution < 1.29 is 14.8 Å². The zero-order valence-electron chi connectivity index (χ0n) is 11.2. The summed E-state index contributed by atoms with van der Waals surface area (Å²) in [5.41, 5.74) is 8.09. The van der Waals surface area contributed by atoms with E-state index >= 15 is 0 Å². The van der Waals surface area contributed by atoms with E-state index in [0.29, 0.717) is 22.2 Å². The van der Waals surface area contributed by atoms with Crippen LogP contribution in [-0.2, 0) is 18.3 Å². The molecule has 1 aromatic heterocycles. The van der Waals surface area contributed by atoms with Crippen molar-refractivity contribution in [1.82, 2.24) is 4.57 Å². The molecule has 106 valence electrons. The minimum Gasteiger partial charge on any atom is -0.481 e. The van der Waals surface area contributed by atoms with Gasteiger partial charge in [-0.2, -0.15) is 0 Å². The number of nitrogen functional groups attached to an aromatic ring is 1. The Bertz CT molecular complexity index is 718. The van der Waals surface area contributed by atoms with E-state index < -0.39 is 10.9 Å². The molecule has 0 aliphatic carbocycles. The smallest absolute Gasteiger partial charge is 0.303 e. The van der Waals surface area contributed by atoms with Gasteiger partial charge in [0.2, 0.25) is 0 Å². The molecule has 7 heteroatoms. The Balaban J connectivity index is 2.76. The van der Waals surface area contributed by atoms with Crippen molar-refractivity contribution in [2.45, 2.75) is 19.8 Å². The van der Waals surface area contributed by atoms with Gasteiger partial charge in [0, 0.05) is 30.9 Å². The largest absolute Gasteiger partial charge is 0.481 e. The molecule has 2 rings (SSSR count). The first-order valence-electron chi connectivity index (χ1n) is 6.06. The molecule has 0 radical (unpaired) electrons. The van der Waals surface area contributed by atoms with Gasteiger partial charge in [0.1, 0.15) is 0 Å². The van der Waals surface area contributed by atoms with Crippen LogP contribution in [0.25, 0.3) is 10.9 Å².